The molecular formula is C22H29NO2. The second kappa shape index (κ2) is 5.33. The summed E-state index contributed by atoms with van der Waals surface area (Å²) in [5, 5.41) is 9.87. The number of aliphatic hydroxyl groups is 1. The lowest BCUT2D eigenvalue weighted by Crippen LogP contribution is -2.61. The number of benzene rings is 1. The lowest BCUT2D eigenvalue weighted by molar-refractivity contribution is -0.161. The van der Waals surface area contributed by atoms with Crippen LogP contribution in [0.5, 0.6) is 0 Å². The van der Waals surface area contributed by atoms with Gasteiger partial charge in [0, 0.05) is 24.4 Å². The quantitative estimate of drug-likeness (QED) is 0.909. The van der Waals surface area contributed by atoms with Crippen molar-refractivity contribution in [3.63, 3.8) is 0 Å². The molecule has 0 aromatic heterocycles. The van der Waals surface area contributed by atoms with Gasteiger partial charge in [0.2, 0.25) is 5.91 Å². The highest BCUT2D eigenvalue weighted by Gasteiger charge is 2.53. The van der Waals surface area contributed by atoms with Gasteiger partial charge in [0.05, 0.1) is 5.60 Å². The van der Waals surface area contributed by atoms with Gasteiger partial charge in [0.25, 0.3) is 0 Å². The Morgan fingerprint density at radius 3 is 2.40 bits per heavy atom. The lowest BCUT2D eigenvalue weighted by Gasteiger charge is -2.52. The number of nitrogens with zero attached hydrogens (tertiary/aromatic N) is 1. The Kier molecular flexibility index (Phi) is 3.38. The predicted molar refractivity (Wildman–Crippen MR) is 97.4 cm³/mol. The number of carbonyl (C=O) groups is 1. The maximum Gasteiger partial charge on any atom is 0.225 e. The van der Waals surface area contributed by atoms with Gasteiger partial charge in [-0.3, -0.25) is 4.79 Å². The van der Waals surface area contributed by atoms with E-state index >= 15 is 0 Å². The minimum absolute atomic E-state index is 0.0692. The van der Waals surface area contributed by atoms with Gasteiger partial charge in [-0.2, -0.15) is 0 Å². The third-order valence-corrected chi connectivity index (χ3v) is 7.22. The molecule has 1 aliphatic heterocycles. The van der Waals surface area contributed by atoms with Crippen LogP contribution in [0.15, 0.2) is 24.3 Å². The maximum absolute atomic E-state index is 12.5. The summed E-state index contributed by atoms with van der Waals surface area (Å²) in [6.45, 7) is 3.73. The minimum atomic E-state index is -0.603. The van der Waals surface area contributed by atoms with E-state index in [2.05, 4.69) is 29.2 Å². The fraction of sp³-hybridized carbons (Fsp3) is 0.682. The first-order valence-electron chi connectivity index (χ1n) is 10.0. The predicted octanol–water partition coefficient (Wildman–Crippen LogP) is 3.82. The topological polar surface area (TPSA) is 40.5 Å². The van der Waals surface area contributed by atoms with E-state index in [-0.39, 0.29) is 11.8 Å². The zero-order valence-electron chi connectivity index (χ0n) is 15.2. The van der Waals surface area contributed by atoms with Crippen molar-refractivity contribution < 1.29 is 9.90 Å². The molecule has 1 N–H and O–H groups in total. The van der Waals surface area contributed by atoms with Crippen LogP contribution in [-0.4, -0.2) is 34.6 Å². The van der Waals surface area contributed by atoms with E-state index in [1.165, 1.54) is 37.7 Å². The summed E-state index contributed by atoms with van der Waals surface area (Å²) in [7, 11) is 0. The van der Waals surface area contributed by atoms with Crippen LogP contribution in [-0.2, 0) is 4.79 Å². The Hall–Kier alpha value is -1.35. The number of hydrogen-bond donors (Lipinski definition) is 1. The second-order valence-electron chi connectivity index (χ2n) is 9.68. The van der Waals surface area contributed by atoms with Crippen LogP contribution in [0.4, 0.5) is 0 Å². The maximum atomic E-state index is 12.5. The van der Waals surface area contributed by atoms with Crippen molar-refractivity contribution in [1.29, 1.82) is 0 Å². The summed E-state index contributed by atoms with van der Waals surface area (Å²) in [5.74, 6) is 1.86. The molecule has 1 heterocycles. The van der Waals surface area contributed by atoms with E-state index in [9.17, 15) is 9.90 Å². The number of hydrogen-bond acceptors (Lipinski definition) is 2. The Labute approximate surface area is 150 Å². The molecule has 1 aromatic rings. The van der Waals surface area contributed by atoms with Gasteiger partial charge in [-0.15, -0.1) is 0 Å². The molecule has 1 atom stereocenters. The molecule has 3 nitrogen and oxygen atoms in total. The Morgan fingerprint density at radius 2 is 1.76 bits per heavy atom. The zero-order valence-corrected chi connectivity index (χ0v) is 15.2. The second-order valence-corrected chi connectivity index (χ2v) is 9.68. The van der Waals surface area contributed by atoms with E-state index in [0.29, 0.717) is 24.2 Å². The first-order chi connectivity index (χ1) is 11.9. The van der Waals surface area contributed by atoms with Crippen molar-refractivity contribution in [2.24, 2.45) is 11.3 Å². The molecule has 1 saturated heterocycles. The smallest absolute Gasteiger partial charge is 0.225 e. The summed E-state index contributed by atoms with van der Waals surface area (Å²) in [6, 6.07) is 9.31. The Morgan fingerprint density at radius 1 is 1.08 bits per heavy atom. The van der Waals surface area contributed by atoms with Crippen molar-refractivity contribution in [3.05, 3.63) is 35.4 Å². The van der Waals surface area contributed by atoms with E-state index in [0.717, 1.165) is 19.0 Å². The van der Waals surface area contributed by atoms with Crippen LogP contribution < -0.4 is 0 Å². The number of rotatable bonds is 3. The fourth-order valence-corrected chi connectivity index (χ4v) is 5.62. The largest absolute Gasteiger partial charge is 0.390 e. The fourth-order valence-electron chi connectivity index (χ4n) is 5.62. The molecule has 4 aliphatic rings. The lowest BCUT2D eigenvalue weighted by atomic mass is 9.69. The van der Waals surface area contributed by atoms with Crippen molar-refractivity contribution >= 4 is 5.91 Å². The summed E-state index contributed by atoms with van der Waals surface area (Å²) in [6.07, 6.45) is 7.79. The summed E-state index contributed by atoms with van der Waals surface area (Å²) >= 11 is 0. The van der Waals surface area contributed by atoms with E-state index in [1.807, 2.05) is 6.92 Å². The molecule has 3 heteroatoms. The molecule has 0 bridgehead atoms. The molecule has 5 rings (SSSR count). The van der Waals surface area contributed by atoms with Crippen LogP contribution in [0.2, 0.25) is 0 Å². The van der Waals surface area contributed by atoms with E-state index in [1.54, 1.807) is 5.56 Å². The minimum Gasteiger partial charge on any atom is -0.390 e. The van der Waals surface area contributed by atoms with E-state index in [4.69, 9.17) is 0 Å². The van der Waals surface area contributed by atoms with Crippen molar-refractivity contribution in [2.45, 2.75) is 69.3 Å². The van der Waals surface area contributed by atoms with Crippen molar-refractivity contribution in [1.82, 2.24) is 4.90 Å². The monoisotopic (exact) mass is 339 g/mol. The van der Waals surface area contributed by atoms with Crippen LogP contribution >= 0.6 is 0 Å². The number of likely N-dealkylation sites (tertiary alicyclic amines) is 1. The Balaban J connectivity index is 1.19. The molecule has 4 fully saturated rings. The molecule has 0 radical (unpaired) electrons. The highest BCUT2D eigenvalue weighted by Crippen LogP contribution is 2.53. The first-order valence-corrected chi connectivity index (χ1v) is 10.0. The normalized spacial score (nSPS) is 36.2. The third kappa shape index (κ3) is 2.81. The number of carbonyl (C=O) groups excluding carboxylic acids is 1. The number of amides is 1. The average Bonchev–Trinajstić information content (AvgIpc) is 3.29. The highest BCUT2D eigenvalue weighted by atomic mass is 16.3. The standard InChI is InChI=1S/C22H29NO2/c1-21(25)10-19(11-21)20(24)23-13-22(14-23)8-7-18(12-22)17-4-2-3-16(9-17)15-5-6-15/h2-4,9,15,18-19,25H,5-8,10-14H2,1H3/t18-,19?,21?/m1/s1. The molecule has 25 heavy (non-hydrogen) atoms. The van der Waals surface area contributed by atoms with Gasteiger partial charge in [0.1, 0.15) is 0 Å². The molecule has 3 aliphatic carbocycles. The van der Waals surface area contributed by atoms with Crippen LogP contribution in [0.25, 0.3) is 0 Å². The Bertz CT molecular complexity index is 692. The van der Waals surface area contributed by atoms with Crippen molar-refractivity contribution in [2.75, 3.05) is 13.1 Å². The van der Waals surface area contributed by atoms with Crippen molar-refractivity contribution in [3.8, 4) is 0 Å². The molecule has 1 aromatic carbocycles. The summed E-state index contributed by atoms with van der Waals surface area (Å²) in [4.78, 5) is 14.6. The SMILES string of the molecule is CC1(O)CC(C(=O)N2CC3(CC[C@@H](c4cccc(C5CC5)c4)C3)C2)C1. The van der Waals surface area contributed by atoms with Gasteiger partial charge in [-0.05, 0) is 74.8 Å². The van der Waals surface area contributed by atoms with Gasteiger partial charge < -0.3 is 10.0 Å². The third-order valence-electron chi connectivity index (χ3n) is 7.22. The molecular weight excluding hydrogens is 310 g/mol. The van der Waals surface area contributed by atoms with Crippen LogP contribution in [0.1, 0.15) is 74.8 Å². The highest BCUT2D eigenvalue weighted by molar-refractivity contribution is 5.81. The van der Waals surface area contributed by atoms with Crippen LogP contribution in [0.3, 0.4) is 0 Å². The van der Waals surface area contributed by atoms with E-state index < -0.39 is 5.60 Å². The molecule has 134 valence electrons. The van der Waals surface area contributed by atoms with Gasteiger partial charge in [-0.1, -0.05) is 24.3 Å². The molecule has 3 saturated carbocycles. The molecule has 1 amide bonds. The zero-order chi connectivity index (χ0) is 17.2. The molecule has 0 unspecified atom stereocenters. The van der Waals surface area contributed by atoms with Crippen LogP contribution in [0, 0.1) is 11.3 Å². The van der Waals surface area contributed by atoms with Gasteiger partial charge in [0.15, 0.2) is 0 Å². The van der Waals surface area contributed by atoms with Gasteiger partial charge >= 0.3 is 0 Å². The molecule has 1 spiro atoms. The average molecular weight is 339 g/mol. The van der Waals surface area contributed by atoms with Gasteiger partial charge in [-0.25, -0.2) is 0 Å². The summed E-state index contributed by atoms with van der Waals surface area (Å²) in [5.41, 5.74) is 2.85. The first kappa shape index (κ1) is 15.9. The summed E-state index contributed by atoms with van der Waals surface area (Å²) < 4.78 is 0.